The molecule has 1 aromatic carbocycles. The van der Waals surface area contributed by atoms with Crippen molar-refractivity contribution in [3.63, 3.8) is 0 Å². The molecule has 0 bridgehead atoms. The van der Waals surface area contributed by atoms with Crippen LogP contribution in [0.2, 0.25) is 0 Å². The summed E-state index contributed by atoms with van der Waals surface area (Å²) >= 11 is 0. The molecule has 2 aliphatic rings. The number of esters is 1. The number of benzene rings is 1. The Balaban J connectivity index is 1.48. The van der Waals surface area contributed by atoms with Crippen molar-refractivity contribution in [3.05, 3.63) is 24.3 Å². The van der Waals surface area contributed by atoms with E-state index in [0.717, 1.165) is 12.8 Å². The van der Waals surface area contributed by atoms with Crippen molar-refractivity contribution in [1.82, 2.24) is 9.21 Å². The molecule has 172 valence electrons. The molecule has 2 saturated heterocycles. The minimum Gasteiger partial charge on any atom is -0.494 e. The summed E-state index contributed by atoms with van der Waals surface area (Å²) in [6.07, 6.45) is 2.85. The lowest BCUT2D eigenvalue weighted by Gasteiger charge is -2.32. The van der Waals surface area contributed by atoms with Gasteiger partial charge in [-0.1, -0.05) is 6.92 Å². The second kappa shape index (κ2) is 10.5. The minimum absolute atomic E-state index is 0.157. The zero-order valence-electron chi connectivity index (χ0n) is 18.3. The van der Waals surface area contributed by atoms with Crippen molar-refractivity contribution in [2.45, 2.75) is 44.4 Å². The molecule has 0 radical (unpaired) electrons. The van der Waals surface area contributed by atoms with Gasteiger partial charge in [0.25, 0.3) is 5.91 Å². The molecule has 0 spiro atoms. The van der Waals surface area contributed by atoms with Gasteiger partial charge >= 0.3 is 5.97 Å². The maximum atomic E-state index is 12.9. The number of nitrogens with zero attached hydrogens (tertiary/aromatic N) is 2. The van der Waals surface area contributed by atoms with E-state index in [9.17, 15) is 18.0 Å². The van der Waals surface area contributed by atoms with Crippen molar-refractivity contribution in [2.24, 2.45) is 11.8 Å². The molecule has 2 fully saturated rings. The first kappa shape index (κ1) is 23.5. The number of carbonyl (C=O) groups is 2. The normalized spacial score (nSPS) is 21.0. The number of likely N-dealkylation sites (tertiary alicyclic amines) is 1. The van der Waals surface area contributed by atoms with Gasteiger partial charge in [0.2, 0.25) is 10.0 Å². The molecule has 1 atom stereocenters. The summed E-state index contributed by atoms with van der Waals surface area (Å²) in [4.78, 5) is 26.7. The number of hydrogen-bond acceptors (Lipinski definition) is 6. The van der Waals surface area contributed by atoms with Crippen molar-refractivity contribution < 1.29 is 27.5 Å². The van der Waals surface area contributed by atoms with Gasteiger partial charge in [0, 0.05) is 26.2 Å². The molecule has 0 saturated carbocycles. The first-order valence-electron chi connectivity index (χ1n) is 11.0. The predicted octanol–water partition coefficient (Wildman–Crippen LogP) is 2.29. The van der Waals surface area contributed by atoms with Crippen LogP contribution in [0.3, 0.4) is 0 Å². The van der Waals surface area contributed by atoms with E-state index in [2.05, 4.69) is 6.92 Å². The third kappa shape index (κ3) is 5.98. The van der Waals surface area contributed by atoms with Crippen molar-refractivity contribution in [2.75, 3.05) is 39.4 Å². The zero-order valence-corrected chi connectivity index (χ0v) is 19.1. The summed E-state index contributed by atoms with van der Waals surface area (Å²) in [5.41, 5.74) is 0. The summed E-state index contributed by atoms with van der Waals surface area (Å²) < 4.78 is 37.7. The molecule has 0 aromatic heterocycles. The van der Waals surface area contributed by atoms with Gasteiger partial charge in [-0.15, -0.1) is 0 Å². The summed E-state index contributed by atoms with van der Waals surface area (Å²) in [6.45, 7) is 6.15. The van der Waals surface area contributed by atoms with Crippen molar-refractivity contribution in [3.8, 4) is 5.75 Å². The molecule has 3 rings (SSSR count). The summed E-state index contributed by atoms with van der Waals surface area (Å²) in [7, 11) is -3.62. The molecular formula is C22H32N2O6S. The van der Waals surface area contributed by atoms with Gasteiger partial charge in [-0.2, -0.15) is 4.31 Å². The molecule has 1 unspecified atom stereocenters. The largest absolute Gasteiger partial charge is 0.494 e. The van der Waals surface area contributed by atoms with Crippen LogP contribution in [0.5, 0.6) is 5.75 Å². The molecule has 31 heavy (non-hydrogen) atoms. The van der Waals surface area contributed by atoms with E-state index in [1.807, 2.05) is 6.92 Å². The Labute approximate surface area is 184 Å². The highest BCUT2D eigenvalue weighted by Crippen LogP contribution is 2.26. The third-order valence-electron chi connectivity index (χ3n) is 5.91. The Morgan fingerprint density at radius 1 is 1.06 bits per heavy atom. The van der Waals surface area contributed by atoms with Crippen LogP contribution in [-0.4, -0.2) is 68.9 Å². The van der Waals surface area contributed by atoms with Crippen molar-refractivity contribution in [1.29, 1.82) is 0 Å². The monoisotopic (exact) mass is 452 g/mol. The van der Waals surface area contributed by atoms with Gasteiger partial charge in [-0.05, 0) is 62.8 Å². The molecule has 9 heteroatoms. The Morgan fingerprint density at radius 3 is 2.35 bits per heavy atom. The first-order chi connectivity index (χ1) is 14.8. The van der Waals surface area contributed by atoms with E-state index in [-0.39, 0.29) is 36.4 Å². The van der Waals surface area contributed by atoms with Crippen LogP contribution >= 0.6 is 0 Å². The van der Waals surface area contributed by atoms with E-state index < -0.39 is 16.0 Å². The third-order valence-corrected chi connectivity index (χ3v) is 7.82. The molecule has 0 aliphatic carbocycles. The van der Waals surface area contributed by atoms with Gasteiger partial charge in [0.1, 0.15) is 5.75 Å². The zero-order chi connectivity index (χ0) is 22.4. The van der Waals surface area contributed by atoms with Crippen LogP contribution in [0.4, 0.5) is 0 Å². The van der Waals surface area contributed by atoms with Crippen molar-refractivity contribution >= 4 is 21.9 Å². The Morgan fingerprint density at radius 2 is 1.74 bits per heavy atom. The molecule has 2 heterocycles. The average Bonchev–Trinajstić information content (AvgIpc) is 2.78. The Bertz CT molecular complexity index is 862. The molecule has 1 aromatic rings. The van der Waals surface area contributed by atoms with E-state index in [1.54, 1.807) is 17.0 Å². The van der Waals surface area contributed by atoms with Gasteiger partial charge in [-0.25, -0.2) is 8.42 Å². The topological polar surface area (TPSA) is 93.2 Å². The Kier molecular flexibility index (Phi) is 7.94. The number of ether oxygens (including phenoxy) is 2. The molecule has 8 nitrogen and oxygen atoms in total. The van der Waals surface area contributed by atoms with E-state index >= 15 is 0 Å². The SMILES string of the molecule is CCOc1ccc(S(=O)(=O)N2CCC(C(=O)OCC(=O)N3CCCC(C)C3)CC2)cc1. The summed E-state index contributed by atoms with van der Waals surface area (Å²) in [5, 5.41) is 0. The fourth-order valence-corrected chi connectivity index (χ4v) is 5.58. The first-order valence-corrected chi connectivity index (χ1v) is 12.4. The highest BCUT2D eigenvalue weighted by Gasteiger charge is 2.33. The quantitative estimate of drug-likeness (QED) is 0.590. The maximum absolute atomic E-state index is 12.9. The van der Waals surface area contributed by atoms with Crippen LogP contribution in [0.25, 0.3) is 0 Å². The molecule has 1 amide bonds. The summed E-state index contributed by atoms with van der Waals surface area (Å²) in [5.74, 6) is 0.123. The number of carbonyl (C=O) groups excluding carboxylic acids is 2. The van der Waals surface area contributed by atoms with Crippen LogP contribution in [-0.2, 0) is 24.3 Å². The highest BCUT2D eigenvalue weighted by atomic mass is 32.2. The van der Waals surface area contributed by atoms with Crippen LogP contribution < -0.4 is 4.74 Å². The maximum Gasteiger partial charge on any atom is 0.309 e. The van der Waals surface area contributed by atoms with E-state index in [4.69, 9.17) is 9.47 Å². The molecular weight excluding hydrogens is 420 g/mol. The smallest absolute Gasteiger partial charge is 0.309 e. The van der Waals surface area contributed by atoms with Gasteiger partial charge < -0.3 is 14.4 Å². The van der Waals surface area contributed by atoms with E-state index in [1.165, 1.54) is 16.4 Å². The number of sulfonamides is 1. The summed E-state index contributed by atoms with van der Waals surface area (Å²) in [6, 6.07) is 6.35. The van der Waals surface area contributed by atoms with Crippen LogP contribution in [0, 0.1) is 11.8 Å². The standard InChI is InChI=1S/C22H32N2O6S/c1-3-29-19-6-8-20(9-7-19)31(27,28)24-13-10-18(11-14-24)22(26)30-16-21(25)23-12-4-5-17(2)15-23/h6-9,17-18H,3-5,10-16H2,1-2H3. The fraction of sp³-hybridized carbons (Fsp3) is 0.636. The minimum atomic E-state index is -3.62. The average molecular weight is 453 g/mol. The second-order valence-electron chi connectivity index (χ2n) is 8.28. The number of piperidine rings is 2. The van der Waals surface area contributed by atoms with Crippen LogP contribution in [0.1, 0.15) is 39.5 Å². The van der Waals surface area contributed by atoms with Gasteiger partial charge in [0.05, 0.1) is 17.4 Å². The lowest BCUT2D eigenvalue weighted by atomic mass is 9.98. The number of amides is 1. The van der Waals surface area contributed by atoms with Crippen LogP contribution in [0.15, 0.2) is 29.2 Å². The highest BCUT2D eigenvalue weighted by molar-refractivity contribution is 7.89. The lowest BCUT2D eigenvalue weighted by Crippen LogP contribution is -2.43. The van der Waals surface area contributed by atoms with Gasteiger partial charge in [0.15, 0.2) is 6.61 Å². The predicted molar refractivity (Wildman–Crippen MR) is 115 cm³/mol. The number of rotatable bonds is 7. The van der Waals surface area contributed by atoms with E-state index in [0.29, 0.717) is 44.2 Å². The Hall–Kier alpha value is -2.13. The number of hydrogen-bond donors (Lipinski definition) is 0. The fourth-order valence-electron chi connectivity index (χ4n) is 4.11. The molecule has 0 N–H and O–H groups in total. The lowest BCUT2D eigenvalue weighted by molar-refractivity contribution is -0.157. The molecule has 2 aliphatic heterocycles. The van der Waals surface area contributed by atoms with Gasteiger partial charge in [-0.3, -0.25) is 9.59 Å². The second-order valence-corrected chi connectivity index (χ2v) is 10.2.